The van der Waals surface area contributed by atoms with Crippen LogP contribution < -0.4 is 0 Å². The minimum absolute atomic E-state index is 0.184. The highest BCUT2D eigenvalue weighted by Crippen LogP contribution is 2.17. The molecular formula is C10H15NO. The Bertz CT molecular complexity index is 214. The van der Waals surface area contributed by atoms with Gasteiger partial charge in [-0.1, -0.05) is 44.3 Å². The van der Waals surface area contributed by atoms with Crippen molar-refractivity contribution in [1.82, 2.24) is 0 Å². The zero-order valence-electron chi connectivity index (χ0n) is 7.71. The molecule has 0 radical (unpaired) electrons. The molecule has 0 aliphatic carbocycles. The van der Waals surface area contributed by atoms with Gasteiger partial charge in [-0.25, -0.2) is 0 Å². The van der Waals surface area contributed by atoms with Crippen LogP contribution in [0, 0.1) is 10.8 Å². The summed E-state index contributed by atoms with van der Waals surface area (Å²) in [5.41, 5.74) is 1.82. The standard InChI is InChI=1S/C10H15NO/c1-5-6-10(7-11-12)9(4)8(2)3/h5-6,8H,1,4,7H2,2-3H3/b10-6-. The Labute approximate surface area is 73.6 Å². The Balaban J connectivity index is 4.50. The van der Waals surface area contributed by atoms with Crippen molar-refractivity contribution in [3.05, 3.63) is 41.4 Å². The average molecular weight is 165 g/mol. The van der Waals surface area contributed by atoms with E-state index < -0.39 is 0 Å². The molecule has 0 saturated carbocycles. The molecule has 0 aromatic rings. The highest BCUT2D eigenvalue weighted by Gasteiger charge is 2.05. The second kappa shape index (κ2) is 5.47. The van der Waals surface area contributed by atoms with Crippen LogP contribution in [0.4, 0.5) is 0 Å². The Morgan fingerprint density at radius 2 is 2.17 bits per heavy atom. The second-order valence-corrected chi connectivity index (χ2v) is 2.89. The summed E-state index contributed by atoms with van der Waals surface area (Å²) < 4.78 is 0. The molecule has 2 nitrogen and oxygen atoms in total. The molecule has 0 unspecified atom stereocenters. The van der Waals surface area contributed by atoms with E-state index in [0.29, 0.717) is 5.92 Å². The summed E-state index contributed by atoms with van der Waals surface area (Å²) in [4.78, 5) is 10.1. The minimum atomic E-state index is 0.184. The summed E-state index contributed by atoms with van der Waals surface area (Å²) in [7, 11) is 0. The highest BCUT2D eigenvalue weighted by molar-refractivity contribution is 5.33. The van der Waals surface area contributed by atoms with Crippen molar-refractivity contribution >= 4 is 0 Å². The summed E-state index contributed by atoms with van der Waals surface area (Å²) in [6.45, 7) is 11.7. The highest BCUT2D eigenvalue weighted by atomic mass is 16.3. The molecule has 0 heterocycles. The van der Waals surface area contributed by atoms with Gasteiger partial charge in [0.25, 0.3) is 0 Å². The normalized spacial score (nSPS) is 11.4. The van der Waals surface area contributed by atoms with Gasteiger partial charge in [-0.3, -0.25) is 0 Å². The summed E-state index contributed by atoms with van der Waals surface area (Å²) in [6.07, 6.45) is 3.43. The predicted molar refractivity (Wildman–Crippen MR) is 52.9 cm³/mol. The fourth-order valence-electron chi connectivity index (χ4n) is 0.844. The number of allylic oxidation sites excluding steroid dienone is 2. The van der Waals surface area contributed by atoms with Gasteiger partial charge in [-0.15, -0.1) is 0 Å². The van der Waals surface area contributed by atoms with E-state index in [4.69, 9.17) is 0 Å². The smallest absolute Gasteiger partial charge is 0.106 e. The first-order valence-corrected chi connectivity index (χ1v) is 3.93. The van der Waals surface area contributed by atoms with Gasteiger partial charge < -0.3 is 0 Å². The fourth-order valence-corrected chi connectivity index (χ4v) is 0.844. The second-order valence-electron chi connectivity index (χ2n) is 2.89. The third kappa shape index (κ3) is 3.28. The molecule has 12 heavy (non-hydrogen) atoms. The van der Waals surface area contributed by atoms with E-state index in [0.717, 1.165) is 11.1 Å². The van der Waals surface area contributed by atoms with Crippen molar-refractivity contribution in [2.24, 2.45) is 11.1 Å². The zero-order chi connectivity index (χ0) is 9.56. The topological polar surface area (TPSA) is 29.4 Å². The van der Waals surface area contributed by atoms with Crippen molar-refractivity contribution in [3.63, 3.8) is 0 Å². The van der Waals surface area contributed by atoms with E-state index in [1.54, 1.807) is 12.2 Å². The first kappa shape index (κ1) is 10.8. The van der Waals surface area contributed by atoms with Gasteiger partial charge in [-0.2, -0.15) is 4.91 Å². The average Bonchev–Trinajstić information content (AvgIpc) is 2.03. The summed E-state index contributed by atoms with van der Waals surface area (Å²) >= 11 is 0. The quantitative estimate of drug-likeness (QED) is 0.454. The van der Waals surface area contributed by atoms with E-state index in [1.807, 2.05) is 13.8 Å². The van der Waals surface area contributed by atoms with Crippen molar-refractivity contribution in [3.8, 4) is 0 Å². The third-order valence-electron chi connectivity index (χ3n) is 1.66. The number of hydrogen-bond donors (Lipinski definition) is 0. The monoisotopic (exact) mass is 165 g/mol. The maximum atomic E-state index is 10.1. The first-order valence-electron chi connectivity index (χ1n) is 3.93. The van der Waals surface area contributed by atoms with E-state index in [-0.39, 0.29) is 6.54 Å². The Morgan fingerprint density at radius 3 is 2.50 bits per heavy atom. The lowest BCUT2D eigenvalue weighted by Gasteiger charge is -2.10. The predicted octanol–water partition coefficient (Wildman–Crippen LogP) is 3.08. The molecule has 0 fully saturated rings. The SMILES string of the molecule is C=C/C=C(/CN=O)C(=C)C(C)C. The summed E-state index contributed by atoms with van der Waals surface area (Å²) in [5.74, 6) is 0.345. The molecule has 2 heteroatoms. The van der Waals surface area contributed by atoms with Crippen LogP contribution in [0.5, 0.6) is 0 Å². The largest absolute Gasteiger partial charge is 0.150 e. The van der Waals surface area contributed by atoms with Gasteiger partial charge in [0, 0.05) is 0 Å². The molecule has 66 valence electrons. The molecule has 0 aliphatic heterocycles. The maximum absolute atomic E-state index is 10.1. The van der Waals surface area contributed by atoms with Crippen molar-refractivity contribution in [1.29, 1.82) is 0 Å². The van der Waals surface area contributed by atoms with Crippen molar-refractivity contribution in [2.45, 2.75) is 13.8 Å². The first-order chi connectivity index (χ1) is 5.63. The molecule has 0 saturated heterocycles. The lowest BCUT2D eigenvalue weighted by atomic mass is 9.97. The van der Waals surface area contributed by atoms with E-state index in [1.165, 1.54) is 0 Å². The van der Waals surface area contributed by atoms with Crippen molar-refractivity contribution in [2.75, 3.05) is 6.54 Å². The van der Waals surface area contributed by atoms with Gasteiger partial charge in [0.1, 0.15) is 6.54 Å². The molecule has 0 N–H and O–H groups in total. The summed E-state index contributed by atoms with van der Waals surface area (Å²) in [6, 6.07) is 0. The molecule has 0 bridgehead atoms. The number of nitrogens with zero attached hydrogens (tertiary/aromatic N) is 1. The molecule has 0 spiro atoms. The van der Waals surface area contributed by atoms with E-state index >= 15 is 0 Å². The van der Waals surface area contributed by atoms with Gasteiger partial charge >= 0.3 is 0 Å². The molecule has 0 aromatic carbocycles. The van der Waals surface area contributed by atoms with Gasteiger partial charge in [0.15, 0.2) is 0 Å². The lowest BCUT2D eigenvalue weighted by molar-refractivity contribution is 0.774. The Hall–Kier alpha value is -1.18. The molecular weight excluding hydrogens is 150 g/mol. The number of hydrogen-bond acceptors (Lipinski definition) is 2. The summed E-state index contributed by atoms with van der Waals surface area (Å²) in [5, 5.41) is 2.83. The molecule has 0 atom stereocenters. The van der Waals surface area contributed by atoms with E-state index in [9.17, 15) is 4.91 Å². The lowest BCUT2D eigenvalue weighted by Crippen LogP contribution is -1.99. The van der Waals surface area contributed by atoms with Crippen LogP contribution in [0.3, 0.4) is 0 Å². The molecule has 0 rings (SSSR count). The van der Waals surface area contributed by atoms with Crippen LogP contribution in [0.15, 0.2) is 41.6 Å². The zero-order valence-corrected chi connectivity index (χ0v) is 7.71. The van der Waals surface area contributed by atoms with Gasteiger partial charge in [-0.05, 0) is 17.1 Å². The van der Waals surface area contributed by atoms with Crippen LogP contribution >= 0.6 is 0 Å². The van der Waals surface area contributed by atoms with Gasteiger partial charge in [0.05, 0.1) is 0 Å². The molecule has 0 amide bonds. The third-order valence-corrected chi connectivity index (χ3v) is 1.66. The molecule has 0 aliphatic rings. The fraction of sp³-hybridized carbons (Fsp3) is 0.400. The Morgan fingerprint density at radius 1 is 1.58 bits per heavy atom. The molecule has 0 aromatic heterocycles. The Kier molecular flexibility index (Phi) is 4.93. The maximum Gasteiger partial charge on any atom is 0.106 e. The van der Waals surface area contributed by atoms with Crippen LogP contribution in [0.2, 0.25) is 0 Å². The number of nitroso groups, excluding NO2 is 1. The van der Waals surface area contributed by atoms with E-state index in [2.05, 4.69) is 18.3 Å². The van der Waals surface area contributed by atoms with Crippen LogP contribution in [0.25, 0.3) is 0 Å². The minimum Gasteiger partial charge on any atom is -0.150 e. The van der Waals surface area contributed by atoms with Crippen LogP contribution in [0.1, 0.15) is 13.8 Å². The van der Waals surface area contributed by atoms with Gasteiger partial charge in [0.2, 0.25) is 0 Å². The van der Waals surface area contributed by atoms with Crippen LogP contribution in [-0.2, 0) is 0 Å². The number of rotatable bonds is 5. The van der Waals surface area contributed by atoms with Crippen LogP contribution in [-0.4, -0.2) is 6.54 Å². The van der Waals surface area contributed by atoms with Crippen molar-refractivity contribution < 1.29 is 0 Å².